The van der Waals surface area contributed by atoms with E-state index in [2.05, 4.69) is 59.2 Å². The lowest BCUT2D eigenvalue weighted by Gasteiger charge is -2.08. The van der Waals surface area contributed by atoms with Crippen molar-refractivity contribution >= 4 is 65.7 Å². The summed E-state index contributed by atoms with van der Waals surface area (Å²) in [6.45, 7) is 0. The average molecular weight is 660 g/mol. The molecule has 238 valence electrons. The lowest BCUT2D eigenvalue weighted by molar-refractivity contribution is 0.668. The molecule has 11 rings (SSSR count). The Morgan fingerprint density at radius 2 is 0.882 bits per heavy atom. The van der Waals surface area contributed by atoms with Gasteiger partial charge in [0.15, 0.2) is 17.5 Å². The zero-order valence-corrected chi connectivity index (χ0v) is 26.7. The highest BCUT2D eigenvalue weighted by molar-refractivity contribution is 6.10. The van der Waals surface area contributed by atoms with E-state index in [1.54, 1.807) is 0 Å². The van der Waals surface area contributed by atoms with Crippen LogP contribution in [0.5, 0.6) is 0 Å². The number of aromatic nitrogens is 4. The Labute approximate surface area is 297 Å². The predicted octanol–water partition coefficient (Wildman–Crippen LogP) is 11.8. The molecule has 0 atom stereocenters. The summed E-state index contributed by atoms with van der Waals surface area (Å²) in [5.41, 5.74) is 6.99. The topological polar surface area (TPSA) is 69.9 Å². The fraction of sp³-hybridized carbons (Fsp3) is 0. The number of hydrogen-bond donors (Lipinski definition) is 0. The Hall–Kier alpha value is -7.05. The molecule has 0 saturated heterocycles. The molecule has 51 heavy (non-hydrogen) atoms. The van der Waals surface area contributed by atoms with Crippen molar-refractivity contribution in [3.63, 3.8) is 0 Å². The lowest BCUT2D eigenvalue weighted by atomic mass is 10.1. The van der Waals surface area contributed by atoms with Crippen LogP contribution in [-0.2, 0) is 0 Å². The molecule has 0 saturated carbocycles. The number of benzene rings is 7. The summed E-state index contributed by atoms with van der Waals surface area (Å²) >= 11 is 0. The summed E-state index contributed by atoms with van der Waals surface area (Å²) in [6, 6.07) is 39.9. The first-order chi connectivity index (χ1) is 27.3. The largest absolute Gasteiger partial charge is 0.456 e. The van der Waals surface area contributed by atoms with Crippen molar-refractivity contribution in [3.05, 3.63) is 158 Å². The summed E-state index contributed by atoms with van der Waals surface area (Å²) in [5, 5.41) is 6.12. The maximum atomic E-state index is 8.72. The van der Waals surface area contributed by atoms with E-state index in [-0.39, 0.29) is 23.0 Å². The molecule has 0 aliphatic rings. The minimum Gasteiger partial charge on any atom is -0.456 e. The smallest absolute Gasteiger partial charge is 0.164 e. The first kappa shape index (κ1) is 23.3. The maximum Gasteiger partial charge on any atom is 0.164 e. The molecular formula is C45H26N4O2. The molecule has 0 radical (unpaired) electrons. The quantitative estimate of drug-likeness (QED) is 0.188. The van der Waals surface area contributed by atoms with Gasteiger partial charge in [0.1, 0.15) is 22.3 Å². The van der Waals surface area contributed by atoms with Gasteiger partial charge < -0.3 is 13.4 Å². The zero-order valence-electron chi connectivity index (χ0n) is 31.7. The van der Waals surface area contributed by atoms with Gasteiger partial charge in [-0.05, 0) is 54.6 Å². The number of rotatable bonds is 4. The summed E-state index contributed by atoms with van der Waals surface area (Å²) < 4.78 is 57.2. The Kier molecular flexibility index (Phi) is 4.91. The van der Waals surface area contributed by atoms with Crippen molar-refractivity contribution < 1.29 is 15.7 Å². The van der Waals surface area contributed by atoms with Crippen molar-refractivity contribution in [2.75, 3.05) is 0 Å². The van der Waals surface area contributed by atoms with E-state index in [1.165, 1.54) is 10.8 Å². The van der Waals surface area contributed by atoms with Gasteiger partial charge >= 0.3 is 0 Å². The third-order valence-corrected chi connectivity index (χ3v) is 9.55. The van der Waals surface area contributed by atoms with Crippen molar-refractivity contribution in [2.45, 2.75) is 0 Å². The predicted molar refractivity (Wildman–Crippen MR) is 205 cm³/mol. The van der Waals surface area contributed by atoms with Crippen LogP contribution >= 0.6 is 0 Å². The molecule has 6 nitrogen and oxygen atoms in total. The molecule has 0 spiro atoms. The second-order valence-electron chi connectivity index (χ2n) is 12.5. The monoisotopic (exact) mass is 659 g/mol. The number of fused-ring (bicyclic) bond motifs is 9. The van der Waals surface area contributed by atoms with Crippen LogP contribution in [0, 0.1) is 0 Å². The number of furan rings is 2. The van der Waals surface area contributed by atoms with Crippen LogP contribution in [0.15, 0.2) is 166 Å². The molecule has 0 unspecified atom stereocenters. The highest BCUT2D eigenvalue weighted by atomic mass is 16.3. The van der Waals surface area contributed by atoms with Crippen LogP contribution in [0.2, 0.25) is 0 Å². The first-order valence-corrected chi connectivity index (χ1v) is 16.5. The number of hydrogen-bond acceptors (Lipinski definition) is 5. The second kappa shape index (κ2) is 10.7. The molecule has 4 heterocycles. The first-order valence-electron chi connectivity index (χ1n) is 19.0. The average Bonchev–Trinajstić information content (AvgIpc) is 3.90. The van der Waals surface area contributed by atoms with E-state index >= 15 is 0 Å². The molecule has 0 bridgehead atoms. The number of nitrogens with zero attached hydrogens (tertiary/aromatic N) is 4. The van der Waals surface area contributed by atoms with Crippen LogP contribution in [0.25, 0.3) is 106 Å². The maximum absolute atomic E-state index is 8.72. The summed E-state index contributed by atoms with van der Waals surface area (Å²) in [6.07, 6.45) is 0. The Morgan fingerprint density at radius 3 is 1.51 bits per heavy atom. The molecule has 0 aliphatic heterocycles. The van der Waals surface area contributed by atoms with Crippen LogP contribution in [-0.4, -0.2) is 19.5 Å². The highest BCUT2D eigenvalue weighted by Gasteiger charge is 2.17. The third-order valence-electron chi connectivity index (χ3n) is 9.55. The normalized spacial score (nSPS) is 13.3. The van der Waals surface area contributed by atoms with Crippen molar-refractivity contribution in [1.82, 2.24) is 19.5 Å². The summed E-state index contributed by atoms with van der Waals surface area (Å²) in [4.78, 5) is 14.3. The molecule has 0 N–H and O–H groups in total. The van der Waals surface area contributed by atoms with Crippen molar-refractivity contribution in [3.8, 4) is 39.9 Å². The van der Waals surface area contributed by atoms with E-state index in [0.29, 0.717) is 27.9 Å². The van der Waals surface area contributed by atoms with Crippen LogP contribution in [0.3, 0.4) is 0 Å². The highest BCUT2D eigenvalue weighted by Crippen LogP contribution is 2.37. The van der Waals surface area contributed by atoms with Gasteiger partial charge in [0.2, 0.25) is 0 Å². The van der Waals surface area contributed by atoms with E-state index in [0.717, 1.165) is 43.8 Å². The second-order valence-corrected chi connectivity index (χ2v) is 12.5. The van der Waals surface area contributed by atoms with E-state index in [1.807, 2.05) is 72.8 Å². The Bertz CT molecular complexity index is 3380. The van der Waals surface area contributed by atoms with Crippen molar-refractivity contribution in [1.29, 1.82) is 0 Å². The zero-order chi connectivity index (χ0) is 37.8. The minimum atomic E-state index is -0.495. The standard InChI is InChI=1S/C45H26N4O2/c1-2-10-27(11-3-1)43-46-44(28-18-21-34-33-14-6-9-17-39(33)50-40(34)24-28)48-45(47-43)29-19-22-35-36-23-20-30(26-42(36)51-41(35)25-29)49-37-15-7-4-12-31(37)32-13-5-8-16-38(32)49/h1-26H/i1D,2D,3D,10D,11D. The van der Waals surface area contributed by atoms with Crippen molar-refractivity contribution in [2.24, 2.45) is 0 Å². The Morgan fingerprint density at radius 1 is 0.412 bits per heavy atom. The minimum absolute atomic E-state index is 0.0489. The number of para-hydroxylation sites is 3. The van der Waals surface area contributed by atoms with E-state index in [9.17, 15) is 0 Å². The molecule has 0 aliphatic carbocycles. The van der Waals surface area contributed by atoms with Gasteiger partial charge in [-0.1, -0.05) is 96.9 Å². The molecule has 0 fully saturated rings. The summed E-state index contributed by atoms with van der Waals surface area (Å²) in [5.74, 6) is 0.446. The molecule has 6 heteroatoms. The van der Waals surface area contributed by atoms with Crippen LogP contribution in [0.4, 0.5) is 0 Å². The lowest BCUT2D eigenvalue weighted by Crippen LogP contribution is -2.00. The third kappa shape index (κ3) is 4.33. The Balaban J connectivity index is 1.09. The summed E-state index contributed by atoms with van der Waals surface area (Å²) in [7, 11) is 0. The molecule has 4 aromatic heterocycles. The van der Waals surface area contributed by atoms with Gasteiger partial charge in [-0.15, -0.1) is 0 Å². The molecular weight excluding hydrogens is 629 g/mol. The van der Waals surface area contributed by atoms with Crippen LogP contribution < -0.4 is 0 Å². The fourth-order valence-corrected chi connectivity index (χ4v) is 7.22. The van der Waals surface area contributed by atoms with Gasteiger partial charge in [0.25, 0.3) is 0 Å². The fourth-order valence-electron chi connectivity index (χ4n) is 7.22. The van der Waals surface area contributed by atoms with E-state index in [4.69, 9.17) is 30.6 Å². The van der Waals surface area contributed by atoms with Gasteiger partial charge in [-0.3, -0.25) is 0 Å². The molecule has 0 amide bonds. The van der Waals surface area contributed by atoms with Gasteiger partial charge in [-0.2, -0.15) is 0 Å². The van der Waals surface area contributed by atoms with Gasteiger partial charge in [0, 0.05) is 60.8 Å². The SMILES string of the molecule is [2H]c1c([2H])c([2H])c(-c2nc(-c3ccc4c(c3)oc3ccccc34)nc(-c3ccc4c(c3)oc3cc(-n5c6ccccc6c6ccccc65)ccc34)n2)c([2H])c1[2H]. The van der Waals surface area contributed by atoms with E-state index < -0.39 is 30.2 Å². The molecule has 11 aromatic rings. The van der Waals surface area contributed by atoms with Gasteiger partial charge in [0.05, 0.1) is 17.9 Å². The van der Waals surface area contributed by atoms with Gasteiger partial charge in [-0.25, -0.2) is 15.0 Å². The van der Waals surface area contributed by atoms with Crippen LogP contribution in [0.1, 0.15) is 6.85 Å². The molecule has 7 aromatic carbocycles.